The third-order valence-electron chi connectivity index (χ3n) is 5.48. The Bertz CT molecular complexity index is 657. The van der Waals surface area contributed by atoms with E-state index in [1.165, 1.54) is 6.42 Å². The van der Waals surface area contributed by atoms with Gasteiger partial charge in [0.05, 0.1) is 18.1 Å². The van der Waals surface area contributed by atoms with Gasteiger partial charge in [0.15, 0.2) is 0 Å². The molecule has 1 saturated heterocycles. The molecule has 0 aromatic carbocycles. The van der Waals surface area contributed by atoms with Crippen LogP contribution in [0, 0.1) is 35.5 Å². The van der Waals surface area contributed by atoms with Crippen LogP contribution in [0.5, 0.6) is 0 Å². The van der Waals surface area contributed by atoms with E-state index < -0.39 is 0 Å². The number of thiophene rings is 1. The summed E-state index contributed by atoms with van der Waals surface area (Å²) in [7, 11) is 0. The number of carbonyl (C=O) groups excluding carboxylic acids is 2. The maximum atomic E-state index is 12.6. The number of hydrazone groups is 1. The molecular weight excluding hydrogens is 284 g/mol. The third-order valence-corrected chi connectivity index (χ3v) is 6.29. The lowest BCUT2D eigenvalue weighted by Gasteiger charge is -2.37. The SMILES string of the molecule is O=C1[C@@H]2[C@H]3C=C[C@@H]([C@@H]4C[C@@H]34)[C@H]2C(=O)N1/N=C\c1cccs1. The van der Waals surface area contributed by atoms with Crippen molar-refractivity contribution >= 4 is 29.4 Å². The molecule has 3 fully saturated rings. The van der Waals surface area contributed by atoms with Gasteiger partial charge in [-0.05, 0) is 41.5 Å². The molecule has 2 bridgehead atoms. The van der Waals surface area contributed by atoms with Crippen molar-refractivity contribution in [3.63, 3.8) is 0 Å². The van der Waals surface area contributed by atoms with Crippen molar-refractivity contribution in [2.45, 2.75) is 6.42 Å². The number of rotatable bonds is 2. The van der Waals surface area contributed by atoms with E-state index in [1.807, 2.05) is 17.5 Å². The zero-order chi connectivity index (χ0) is 14.1. The summed E-state index contributed by atoms with van der Waals surface area (Å²) in [6.45, 7) is 0. The van der Waals surface area contributed by atoms with E-state index in [4.69, 9.17) is 0 Å². The summed E-state index contributed by atoms with van der Waals surface area (Å²) in [6.07, 6.45) is 7.16. The van der Waals surface area contributed by atoms with Gasteiger partial charge in [0, 0.05) is 4.88 Å². The van der Waals surface area contributed by atoms with Crippen LogP contribution in [0.4, 0.5) is 0 Å². The van der Waals surface area contributed by atoms with Crippen LogP contribution >= 0.6 is 11.3 Å². The first-order valence-corrected chi connectivity index (χ1v) is 8.27. The molecule has 0 spiro atoms. The van der Waals surface area contributed by atoms with E-state index in [9.17, 15) is 9.59 Å². The summed E-state index contributed by atoms with van der Waals surface area (Å²) >= 11 is 1.54. The Labute approximate surface area is 126 Å². The molecule has 2 heterocycles. The number of nitrogens with zero attached hydrogens (tertiary/aromatic N) is 2. The highest BCUT2D eigenvalue weighted by atomic mass is 32.1. The molecule has 21 heavy (non-hydrogen) atoms. The standard InChI is InChI=1S/C16H14N2O2S/c19-15-13-9-3-4-10(12-6-11(9)12)14(13)16(20)18(15)17-7-8-2-1-5-21-8/h1-5,7,9-14H,6H2/b17-7-/t9-,10-,11-,12-,13+,14+/m0/s1. The summed E-state index contributed by atoms with van der Waals surface area (Å²) < 4.78 is 0. The van der Waals surface area contributed by atoms with Gasteiger partial charge in [0.1, 0.15) is 0 Å². The van der Waals surface area contributed by atoms with Crippen molar-refractivity contribution < 1.29 is 9.59 Å². The molecule has 2 saturated carbocycles. The molecular formula is C16H14N2O2S. The highest BCUT2D eigenvalue weighted by molar-refractivity contribution is 7.11. The highest BCUT2D eigenvalue weighted by Crippen LogP contribution is 2.65. The third kappa shape index (κ3) is 1.47. The first-order chi connectivity index (χ1) is 10.3. The fourth-order valence-electron chi connectivity index (χ4n) is 4.53. The van der Waals surface area contributed by atoms with Crippen LogP contribution in [-0.2, 0) is 9.59 Å². The van der Waals surface area contributed by atoms with Crippen LogP contribution < -0.4 is 0 Å². The number of hydrogen-bond donors (Lipinski definition) is 0. The van der Waals surface area contributed by atoms with Gasteiger partial charge in [0.2, 0.25) is 0 Å². The van der Waals surface area contributed by atoms with Crippen molar-refractivity contribution in [2.24, 2.45) is 40.6 Å². The summed E-state index contributed by atoms with van der Waals surface area (Å²) in [6, 6.07) is 3.85. The number of allylic oxidation sites excluding steroid dienone is 2. The Kier molecular flexibility index (Phi) is 2.21. The Morgan fingerprint density at radius 2 is 1.81 bits per heavy atom. The van der Waals surface area contributed by atoms with Gasteiger partial charge < -0.3 is 0 Å². The van der Waals surface area contributed by atoms with Gasteiger partial charge in [0.25, 0.3) is 11.8 Å². The van der Waals surface area contributed by atoms with Crippen LogP contribution in [0.2, 0.25) is 0 Å². The van der Waals surface area contributed by atoms with Crippen molar-refractivity contribution in [3.05, 3.63) is 34.5 Å². The van der Waals surface area contributed by atoms with Crippen molar-refractivity contribution in [1.29, 1.82) is 0 Å². The zero-order valence-electron chi connectivity index (χ0n) is 11.3. The summed E-state index contributed by atoms with van der Waals surface area (Å²) in [5.74, 6) is 1.31. The molecule has 4 nitrogen and oxygen atoms in total. The molecule has 4 aliphatic carbocycles. The first kappa shape index (κ1) is 11.9. The number of carbonyl (C=O) groups is 2. The van der Waals surface area contributed by atoms with Crippen molar-refractivity contribution in [1.82, 2.24) is 5.01 Å². The minimum Gasteiger partial charge on any atom is -0.272 e. The van der Waals surface area contributed by atoms with Crippen molar-refractivity contribution in [2.75, 3.05) is 0 Å². The van der Waals surface area contributed by atoms with Gasteiger partial charge in [-0.25, -0.2) is 0 Å². The highest BCUT2D eigenvalue weighted by Gasteiger charge is 2.67. The Morgan fingerprint density at radius 3 is 2.38 bits per heavy atom. The molecule has 6 rings (SSSR count). The van der Waals surface area contributed by atoms with Crippen LogP contribution in [0.15, 0.2) is 34.8 Å². The molecule has 5 heteroatoms. The zero-order valence-corrected chi connectivity index (χ0v) is 12.1. The topological polar surface area (TPSA) is 49.7 Å². The first-order valence-electron chi connectivity index (χ1n) is 7.39. The van der Waals surface area contributed by atoms with Gasteiger partial charge in [-0.3, -0.25) is 9.59 Å². The molecule has 1 aromatic rings. The fourth-order valence-corrected chi connectivity index (χ4v) is 5.11. The number of imide groups is 1. The normalized spacial score (nSPS) is 42.8. The predicted molar refractivity (Wildman–Crippen MR) is 78.5 cm³/mol. The molecule has 1 aromatic heterocycles. The minimum absolute atomic E-state index is 0.0949. The second kappa shape index (κ2) is 3.91. The lowest BCUT2D eigenvalue weighted by molar-refractivity contribution is -0.140. The largest absolute Gasteiger partial charge is 0.272 e. The van der Waals surface area contributed by atoms with E-state index in [2.05, 4.69) is 17.3 Å². The predicted octanol–water partition coefficient (Wildman–Crippen LogP) is 2.14. The van der Waals surface area contributed by atoms with Crippen LogP contribution in [0.1, 0.15) is 11.3 Å². The molecule has 106 valence electrons. The maximum Gasteiger partial charge on any atom is 0.254 e. The quantitative estimate of drug-likeness (QED) is 0.477. The summed E-state index contributed by atoms with van der Waals surface area (Å²) in [4.78, 5) is 26.2. The van der Waals surface area contributed by atoms with Crippen LogP contribution in [0.3, 0.4) is 0 Å². The fraction of sp³-hybridized carbons (Fsp3) is 0.438. The monoisotopic (exact) mass is 298 g/mol. The van der Waals surface area contributed by atoms with Crippen LogP contribution in [-0.4, -0.2) is 23.0 Å². The summed E-state index contributed by atoms with van der Waals surface area (Å²) in [5.41, 5.74) is 0. The van der Waals surface area contributed by atoms with Crippen LogP contribution in [0.25, 0.3) is 0 Å². The Hall–Kier alpha value is -1.75. The van der Waals surface area contributed by atoms with Crippen molar-refractivity contribution in [3.8, 4) is 0 Å². The average Bonchev–Trinajstić information content (AvgIpc) is 3.10. The minimum atomic E-state index is -0.156. The van der Waals surface area contributed by atoms with Gasteiger partial charge >= 0.3 is 0 Å². The molecule has 6 atom stereocenters. The molecule has 0 N–H and O–H groups in total. The van der Waals surface area contributed by atoms with Gasteiger partial charge in [-0.1, -0.05) is 18.2 Å². The maximum absolute atomic E-state index is 12.6. The molecule has 0 radical (unpaired) electrons. The lowest BCUT2D eigenvalue weighted by atomic mass is 9.63. The smallest absolute Gasteiger partial charge is 0.254 e. The molecule has 0 unspecified atom stereocenters. The van der Waals surface area contributed by atoms with Gasteiger partial charge in [-0.15, -0.1) is 11.3 Å². The van der Waals surface area contributed by atoms with E-state index in [1.54, 1.807) is 17.6 Å². The second-order valence-electron chi connectivity index (χ2n) is 6.40. The van der Waals surface area contributed by atoms with E-state index in [-0.39, 0.29) is 35.5 Å². The number of hydrogen-bond acceptors (Lipinski definition) is 4. The van der Waals surface area contributed by atoms with E-state index in [0.29, 0.717) is 11.8 Å². The lowest BCUT2D eigenvalue weighted by Crippen LogP contribution is -2.40. The van der Waals surface area contributed by atoms with E-state index >= 15 is 0 Å². The van der Waals surface area contributed by atoms with E-state index in [0.717, 1.165) is 9.89 Å². The average molecular weight is 298 g/mol. The Morgan fingerprint density at radius 1 is 1.14 bits per heavy atom. The van der Waals surface area contributed by atoms with Gasteiger partial charge in [-0.2, -0.15) is 10.1 Å². The number of amides is 2. The Balaban J connectivity index is 1.48. The second-order valence-corrected chi connectivity index (χ2v) is 7.38. The molecule has 2 amide bonds. The molecule has 5 aliphatic rings. The molecule has 1 aliphatic heterocycles. The summed E-state index contributed by atoms with van der Waals surface area (Å²) in [5, 5.41) is 7.26.